The van der Waals surface area contributed by atoms with Crippen molar-refractivity contribution in [3.05, 3.63) is 88.6 Å². The molecule has 0 aliphatic carbocycles. The van der Waals surface area contributed by atoms with Crippen LogP contribution in [0.25, 0.3) is 10.9 Å². The fourth-order valence-electron chi connectivity index (χ4n) is 3.21. The number of benzene rings is 2. The van der Waals surface area contributed by atoms with E-state index in [-0.39, 0.29) is 17.4 Å². The molecule has 1 aromatic heterocycles. The predicted molar refractivity (Wildman–Crippen MR) is 98.8 cm³/mol. The first-order chi connectivity index (χ1) is 12.1. The van der Waals surface area contributed by atoms with Crippen LogP contribution in [0.1, 0.15) is 17.0 Å². The highest BCUT2D eigenvalue weighted by Crippen LogP contribution is 2.36. The number of ether oxygens (including phenoxy) is 1. The van der Waals surface area contributed by atoms with Crippen LogP contribution >= 0.6 is 0 Å². The van der Waals surface area contributed by atoms with E-state index in [1.54, 1.807) is 6.08 Å². The second-order valence-corrected chi connectivity index (χ2v) is 5.92. The van der Waals surface area contributed by atoms with Crippen LogP contribution in [-0.4, -0.2) is 22.6 Å². The third-order valence-electron chi connectivity index (χ3n) is 4.29. The molecule has 0 radical (unpaired) electrons. The topological polar surface area (TPSA) is 57.3 Å². The maximum atomic E-state index is 11.4. The van der Waals surface area contributed by atoms with Gasteiger partial charge in [-0.3, -0.25) is 10.1 Å². The fraction of sp³-hybridized carbons (Fsp3) is 0.200. The molecule has 25 heavy (non-hydrogen) atoms. The van der Waals surface area contributed by atoms with Crippen LogP contribution in [0.4, 0.5) is 0 Å². The van der Waals surface area contributed by atoms with Gasteiger partial charge in [0.1, 0.15) is 12.4 Å². The van der Waals surface area contributed by atoms with Gasteiger partial charge in [0, 0.05) is 34.6 Å². The molecule has 0 saturated heterocycles. The Labute approximate surface area is 146 Å². The fourth-order valence-corrected chi connectivity index (χ4v) is 3.21. The van der Waals surface area contributed by atoms with E-state index < -0.39 is 0 Å². The van der Waals surface area contributed by atoms with Crippen LogP contribution in [0.5, 0.6) is 5.75 Å². The Balaban J connectivity index is 2.15. The van der Waals surface area contributed by atoms with Gasteiger partial charge in [-0.05, 0) is 17.7 Å². The second kappa shape index (κ2) is 7.21. The largest absolute Gasteiger partial charge is 0.489 e. The molecular formula is C20H20N2O3. The van der Waals surface area contributed by atoms with E-state index in [0.717, 1.165) is 22.0 Å². The minimum atomic E-state index is -0.387. The smallest absolute Gasteiger partial charge is 0.214 e. The highest BCUT2D eigenvalue weighted by molar-refractivity contribution is 5.85. The molecule has 3 aromatic rings. The van der Waals surface area contributed by atoms with E-state index in [0.29, 0.717) is 12.4 Å². The summed E-state index contributed by atoms with van der Waals surface area (Å²) < 4.78 is 7.75. The Morgan fingerprint density at radius 2 is 1.92 bits per heavy atom. The minimum Gasteiger partial charge on any atom is -0.489 e. The van der Waals surface area contributed by atoms with E-state index in [1.165, 1.54) is 0 Å². The Bertz CT molecular complexity index is 914. The number of hydrogen-bond donors (Lipinski definition) is 0. The molecule has 0 bridgehead atoms. The first-order valence-corrected chi connectivity index (χ1v) is 8.10. The van der Waals surface area contributed by atoms with Crippen molar-refractivity contribution in [2.75, 3.05) is 13.2 Å². The average molecular weight is 336 g/mol. The lowest BCUT2D eigenvalue weighted by molar-refractivity contribution is -0.481. The summed E-state index contributed by atoms with van der Waals surface area (Å²) in [6, 6.07) is 15.4. The summed E-state index contributed by atoms with van der Waals surface area (Å²) in [5.74, 6) is 0.268. The third kappa shape index (κ3) is 3.40. The molecule has 1 unspecified atom stereocenters. The van der Waals surface area contributed by atoms with E-state index in [1.807, 2.05) is 66.3 Å². The zero-order chi connectivity index (χ0) is 17.8. The van der Waals surface area contributed by atoms with Crippen LogP contribution < -0.4 is 4.74 Å². The summed E-state index contributed by atoms with van der Waals surface area (Å²) in [5.41, 5.74) is 2.80. The van der Waals surface area contributed by atoms with Crippen LogP contribution in [0.15, 0.2) is 67.4 Å². The summed E-state index contributed by atoms with van der Waals surface area (Å²) in [6.45, 7) is 3.83. The number of hydrogen-bond acceptors (Lipinski definition) is 3. The molecular weight excluding hydrogens is 316 g/mol. The first-order valence-electron chi connectivity index (χ1n) is 8.10. The van der Waals surface area contributed by atoms with Gasteiger partial charge in [0.25, 0.3) is 0 Å². The normalized spacial score (nSPS) is 12.0. The van der Waals surface area contributed by atoms with Crippen molar-refractivity contribution in [3.63, 3.8) is 0 Å². The average Bonchev–Trinajstić information content (AvgIpc) is 2.95. The summed E-state index contributed by atoms with van der Waals surface area (Å²) in [6.07, 6.45) is 3.64. The van der Waals surface area contributed by atoms with Crippen LogP contribution in [0.2, 0.25) is 0 Å². The molecule has 5 nitrogen and oxygen atoms in total. The van der Waals surface area contributed by atoms with E-state index in [4.69, 9.17) is 4.74 Å². The number of fused-ring (bicyclic) bond motifs is 1. The van der Waals surface area contributed by atoms with E-state index in [9.17, 15) is 10.1 Å². The number of aryl methyl sites for hydroxylation is 1. The van der Waals surface area contributed by atoms with Crippen LogP contribution in [0, 0.1) is 10.1 Å². The van der Waals surface area contributed by atoms with Crippen molar-refractivity contribution >= 4 is 10.9 Å². The highest BCUT2D eigenvalue weighted by atomic mass is 16.6. The third-order valence-corrected chi connectivity index (χ3v) is 4.29. The Hall–Kier alpha value is -3.08. The van der Waals surface area contributed by atoms with Crippen molar-refractivity contribution < 1.29 is 9.66 Å². The van der Waals surface area contributed by atoms with Gasteiger partial charge in [0.05, 0.1) is 5.92 Å². The van der Waals surface area contributed by atoms with Crippen LogP contribution in [0.3, 0.4) is 0 Å². The van der Waals surface area contributed by atoms with Gasteiger partial charge in [0.2, 0.25) is 6.54 Å². The molecule has 0 amide bonds. The predicted octanol–water partition coefficient (Wildman–Crippen LogP) is 4.15. The molecule has 0 aliphatic heterocycles. The Morgan fingerprint density at radius 1 is 1.20 bits per heavy atom. The molecule has 0 saturated carbocycles. The molecule has 128 valence electrons. The van der Waals surface area contributed by atoms with Crippen molar-refractivity contribution in [3.8, 4) is 5.75 Å². The van der Waals surface area contributed by atoms with Gasteiger partial charge in [-0.15, -0.1) is 0 Å². The molecule has 5 heteroatoms. The molecule has 2 aromatic carbocycles. The Morgan fingerprint density at radius 3 is 2.68 bits per heavy atom. The SMILES string of the molecule is C=CCOc1ccccc1C(C[N+](=O)[O-])c1cn(C)c2ccccc12. The van der Waals surface area contributed by atoms with Gasteiger partial charge < -0.3 is 9.30 Å². The number of nitro groups is 1. The van der Waals surface area contributed by atoms with Crippen molar-refractivity contribution in [1.29, 1.82) is 0 Å². The quantitative estimate of drug-likeness (QED) is 0.370. The van der Waals surface area contributed by atoms with Crippen LogP contribution in [-0.2, 0) is 7.05 Å². The second-order valence-electron chi connectivity index (χ2n) is 5.92. The summed E-state index contributed by atoms with van der Waals surface area (Å²) >= 11 is 0. The Kier molecular flexibility index (Phi) is 4.84. The van der Waals surface area contributed by atoms with Gasteiger partial charge >= 0.3 is 0 Å². The van der Waals surface area contributed by atoms with Gasteiger partial charge in [-0.2, -0.15) is 0 Å². The molecule has 1 heterocycles. The van der Waals surface area contributed by atoms with Gasteiger partial charge in [0.15, 0.2) is 0 Å². The molecule has 3 rings (SSSR count). The maximum absolute atomic E-state index is 11.4. The number of nitrogens with zero attached hydrogens (tertiary/aromatic N) is 2. The lowest BCUT2D eigenvalue weighted by atomic mass is 9.90. The summed E-state index contributed by atoms with van der Waals surface area (Å²) in [4.78, 5) is 11.1. The van der Waals surface area contributed by atoms with Gasteiger partial charge in [-0.1, -0.05) is 49.1 Å². The highest BCUT2D eigenvalue weighted by Gasteiger charge is 2.26. The van der Waals surface area contributed by atoms with Crippen molar-refractivity contribution in [2.45, 2.75) is 5.92 Å². The monoisotopic (exact) mass is 336 g/mol. The molecule has 1 atom stereocenters. The molecule has 0 fully saturated rings. The first kappa shape index (κ1) is 16.8. The van der Waals surface area contributed by atoms with Crippen molar-refractivity contribution in [2.24, 2.45) is 7.05 Å². The number of para-hydroxylation sites is 2. The molecule has 0 N–H and O–H groups in total. The molecule has 0 spiro atoms. The minimum absolute atomic E-state index is 0.192. The van der Waals surface area contributed by atoms with E-state index in [2.05, 4.69) is 6.58 Å². The summed E-state index contributed by atoms with van der Waals surface area (Å²) in [5, 5.41) is 12.4. The maximum Gasteiger partial charge on any atom is 0.214 e. The van der Waals surface area contributed by atoms with Gasteiger partial charge in [-0.25, -0.2) is 0 Å². The lowest BCUT2D eigenvalue weighted by Gasteiger charge is -2.17. The summed E-state index contributed by atoms with van der Waals surface area (Å²) in [7, 11) is 1.95. The zero-order valence-corrected chi connectivity index (χ0v) is 14.1. The molecule has 0 aliphatic rings. The van der Waals surface area contributed by atoms with Crippen molar-refractivity contribution in [1.82, 2.24) is 4.57 Å². The number of rotatable bonds is 7. The van der Waals surface area contributed by atoms with E-state index >= 15 is 0 Å². The number of aromatic nitrogens is 1. The standard InChI is InChI=1S/C20H20N2O3/c1-3-12-25-20-11-7-5-9-16(20)18(14-22(23)24)17-13-21(2)19-10-6-4-8-15(17)19/h3-11,13,18H,1,12,14H2,2H3. The zero-order valence-electron chi connectivity index (χ0n) is 14.1. The lowest BCUT2D eigenvalue weighted by Crippen LogP contribution is -2.15.